The Bertz CT molecular complexity index is 501. The minimum atomic E-state index is -3.50. The number of rotatable bonds is 9. The van der Waals surface area contributed by atoms with Crippen molar-refractivity contribution in [2.45, 2.75) is 38.1 Å². The van der Waals surface area contributed by atoms with Gasteiger partial charge in [-0.2, -0.15) is 0 Å². The summed E-state index contributed by atoms with van der Waals surface area (Å²) in [6.45, 7) is 7.54. The summed E-state index contributed by atoms with van der Waals surface area (Å²) in [6.07, 6.45) is 0.751. The van der Waals surface area contributed by atoms with E-state index in [1.165, 1.54) is 0 Å². The lowest BCUT2D eigenvalue weighted by molar-refractivity contribution is 0.301. The molecule has 0 atom stereocenters. The van der Waals surface area contributed by atoms with Gasteiger partial charge in [0.05, 0.1) is 0 Å². The summed E-state index contributed by atoms with van der Waals surface area (Å²) >= 11 is 0. The van der Waals surface area contributed by atoms with Crippen LogP contribution in [0.15, 0.2) is 29.2 Å². The Labute approximate surface area is 121 Å². The smallest absolute Gasteiger partial charge is 0.244 e. The van der Waals surface area contributed by atoms with Crippen molar-refractivity contribution in [1.82, 2.24) is 10.0 Å². The van der Waals surface area contributed by atoms with Crippen LogP contribution in [0.3, 0.4) is 0 Å². The number of benzene rings is 1. The summed E-state index contributed by atoms with van der Waals surface area (Å²) in [5.74, 6) is 0.390. The zero-order valence-corrected chi connectivity index (χ0v) is 13.2. The fraction of sp³-hybridized carbons (Fsp3) is 0.571. The molecule has 0 heterocycles. The molecule has 5 nitrogen and oxygen atoms in total. The Morgan fingerprint density at radius 2 is 1.90 bits per heavy atom. The molecule has 0 radical (unpaired) electrons. The summed E-state index contributed by atoms with van der Waals surface area (Å²) in [5.41, 5.74) is 0. The topological polar surface area (TPSA) is 67.4 Å². The quantitative estimate of drug-likeness (QED) is 0.682. The van der Waals surface area contributed by atoms with E-state index in [1.54, 1.807) is 24.3 Å². The summed E-state index contributed by atoms with van der Waals surface area (Å²) in [4.78, 5) is 0.193. The first-order valence-electron chi connectivity index (χ1n) is 6.92. The molecule has 1 aromatic rings. The summed E-state index contributed by atoms with van der Waals surface area (Å²) in [6, 6.07) is 7.08. The number of nitrogens with one attached hydrogen (secondary N) is 2. The lowest BCUT2D eigenvalue weighted by Gasteiger charge is -2.13. The van der Waals surface area contributed by atoms with Gasteiger partial charge in [0.2, 0.25) is 10.0 Å². The predicted molar refractivity (Wildman–Crippen MR) is 80.6 cm³/mol. The molecule has 0 unspecified atom stereocenters. The first-order chi connectivity index (χ1) is 9.47. The Hall–Kier alpha value is -1.11. The SMILES string of the molecule is CCCNS(=O)(=O)c1ccccc1OCCNC(C)C. The van der Waals surface area contributed by atoms with E-state index in [-0.39, 0.29) is 4.90 Å². The first kappa shape index (κ1) is 16.9. The van der Waals surface area contributed by atoms with E-state index in [1.807, 2.05) is 20.8 Å². The van der Waals surface area contributed by atoms with Gasteiger partial charge in [0.15, 0.2) is 0 Å². The number of hydrogen-bond donors (Lipinski definition) is 2. The van der Waals surface area contributed by atoms with Gasteiger partial charge in [-0.05, 0) is 18.6 Å². The Balaban J connectivity index is 2.73. The maximum atomic E-state index is 12.1. The molecule has 0 aliphatic carbocycles. The molecule has 1 aromatic carbocycles. The third-order valence-corrected chi connectivity index (χ3v) is 4.09. The molecule has 6 heteroatoms. The van der Waals surface area contributed by atoms with Gasteiger partial charge in [-0.15, -0.1) is 0 Å². The fourth-order valence-corrected chi connectivity index (χ4v) is 2.89. The lowest BCUT2D eigenvalue weighted by atomic mass is 10.3. The van der Waals surface area contributed by atoms with Crippen LogP contribution in [-0.2, 0) is 10.0 Å². The highest BCUT2D eigenvalue weighted by molar-refractivity contribution is 7.89. The van der Waals surface area contributed by atoms with Gasteiger partial charge >= 0.3 is 0 Å². The van der Waals surface area contributed by atoms with Crippen molar-refractivity contribution in [2.75, 3.05) is 19.7 Å². The molecule has 2 N–H and O–H groups in total. The molecular weight excluding hydrogens is 276 g/mol. The second-order valence-electron chi connectivity index (χ2n) is 4.80. The van der Waals surface area contributed by atoms with E-state index in [0.717, 1.165) is 6.42 Å². The van der Waals surface area contributed by atoms with Gasteiger partial charge < -0.3 is 10.1 Å². The van der Waals surface area contributed by atoms with Crippen molar-refractivity contribution in [3.05, 3.63) is 24.3 Å². The monoisotopic (exact) mass is 300 g/mol. The molecule has 114 valence electrons. The minimum Gasteiger partial charge on any atom is -0.491 e. The van der Waals surface area contributed by atoms with Crippen molar-refractivity contribution in [1.29, 1.82) is 0 Å². The van der Waals surface area contributed by atoms with E-state index >= 15 is 0 Å². The molecule has 0 aliphatic heterocycles. The molecule has 0 saturated carbocycles. The van der Waals surface area contributed by atoms with Crippen LogP contribution in [-0.4, -0.2) is 34.2 Å². The van der Waals surface area contributed by atoms with Crippen LogP contribution in [0.2, 0.25) is 0 Å². The minimum absolute atomic E-state index is 0.193. The van der Waals surface area contributed by atoms with E-state index < -0.39 is 10.0 Å². The van der Waals surface area contributed by atoms with Crippen molar-refractivity contribution in [3.8, 4) is 5.75 Å². The van der Waals surface area contributed by atoms with Crippen molar-refractivity contribution < 1.29 is 13.2 Å². The van der Waals surface area contributed by atoms with Gasteiger partial charge in [0.1, 0.15) is 17.3 Å². The van der Waals surface area contributed by atoms with Crippen LogP contribution < -0.4 is 14.8 Å². The second kappa shape index (κ2) is 8.24. The van der Waals surface area contributed by atoms with Gasteiger partial charge in [-0.1, -0.05) is 32.9 Å². The molecule has 20 heavy (non-hydrogen) atoms. The highest BCUT2D eigenvalue weighted by atomic mass is 32.2. The van der Waals surface area contributed by atoms with Gasteiger partial charge in [0, 0.05) is 19.1 Å². The standard InChI is InChI=1S/C14H24N2O3S/c1-4-9-16-20(17,18)14-8-6-5-7-13(14)19-11-10-15-12(2)3/h5-8,12,15-16H,4,9-11H2,1-3H3. The normalized spacial score (nSPS) is 11.8. The van der Waals surface area contributed by atoms with Gasteiger partial charge in [0.25, 0.3) is 0 Å². The zero-order valence-electron chi connectivity index (χ0n) is 12.3. The van der Waals surface area contributed by atoms with E-state index in [9.17, 15) is 8.42 Å². The molecule has 1 rings (SSSR count). The largest absolute Gasteiger partial charge is 0.491 e. The van der Waals surface area contributed by atoms with Crippen LogP contribution >= 0.6 is 0 Å². The summed E-state index contributed by atoms with van der Waals surface area (Å²) in [5, 5.41) is 3.22. The van der Waals surface area contributed by atoms with Crippen LogP contribution in [0.1, 0.15) is 27.2 Å². The summed E-state index contributed by atoms with van der Waals surface area (Å²) < 4.78 is 32.4. The van der Waals surface area contributed by atoms with Gasteiger partial charge in [-0.25, -0.2) is 13.1 Å². The van der Waals surface area contributed by atoms with E-state index in [4.69, 9.17) is 4.74 Å². The highest BCUT2D eigenvalue weighted by Crippen LogP contribution is 2.22. The van der Waals surface area contributed by atoms with Crippen molar-refractivity contribution >= 4 is 10.0 Å². The molecule has 0 saturated heterocycles. The molecule has 0 aromatic heterocycles. The number of sulfonamides is 1. The average molecular weight is 300 g/mol. The van der Waals surface area contributed by atoms with Crippen LogP contribution in [0.25, 0.3) is 0 Å². The number of ether oxygens (including phenoxy) is 1. The van der Waals surface area contributed by atoms with Crippen LogP contribution in [0.4, 0.5) is 0 Å². The second-order valence-corrected chi connectivity index (χ2v) is 6.54. The van der Waals surface area contributed by atoms with E-state index in [0.29, 0.717) is 31.5 Å². The van der Waals surface area contributed by atoms with Crippen molar-refractivity contribution in [2.24, 2.45) is 0 Å². The maximum absolute atomic E-state index is 12.1. The van der Waals surface area contributed by atoms with Crippen LogP contribution in [0.5, 0.6) is 5.75 Å². The molecular formula is C14H24N2O3S. The Morgan fingerprint density at radius 1 is 1.20 bits per heavy atom. The Kier molecular flexibility index (Phi) is 6.98. The predicted octanol–water partition coefficient (Wildman–Crippen LogP) is 1.75. The molecule has 0 aliphatic rings. The zero-order chi connectivity index (χ0) is 15.0. The van der Waals surface area contributed by atoms with E-state index in [2.05, 4.69) is 10.0 Å². The lowest BCUT2D eigenvalue weighted by Crippen LogP contribution is -2.28. The Morgan fingerprint density at radius 3 is 2.55 bits per heavy atom. The summed E-state index contributed by atoms with van der Waals surface area (Å²) in [7, 11) is -3.50. The molecule has 0 bridgehead atoms. The van der Waals surface area contributed by atoms with Crippen molar-refractivity contribution in [3.63, 3.8) is 0 Å². The third-order valence-electron chi connectivity index (χ3n) is 2.59. The number of para-hydroxylation sites is 1. The molecule has 0 amide bonds. The fourth-order valence-electron chi connectivity index (χ4n) is 1.61. The third kappa shape index (κ3) is 5.48. The maximum Gasteiger partial charge on any atom is 0.244 e. The first-order valence-corrected chi connectivity index (χ1v) is 8.40. The molecule has 0 fully saturated rings. The molecule has 0 spiro atoms. The van der Waals surface area contributed by atoms with Crippen LogP contribution in [0, 0.1) is 0 Å². The van der Waals surface area contributed by atoms with Gasteiger partial charge in [-0.3, -0.25) is 0 Å². The average Bonchev–Trinajstić information content (AvgIpc) is 2.41. The number of hydrogen-bond acceptors (Lipinski definition) is 4. The highest BCUT2D eigenvalue weighted by Gasteiger charge is 2.18.